The predicted molar refractivity (Wildman–Crippen MR) is 55.7 cm³/mol. The number of aldehydes is 1. The third kappa shape index (κ3) is 11.0. The second-order valence-electron chi connectivity index (χ2n) is 3.15. The second-order valence-corrected chi connectivity index (χ2v) is 3.15. The zero-order valence-electron chi connectivity index (χ0n) is 9.34. The lowest BCUT2D eigenvalue weighted by atomic mass is 10.1. The van der Waals surface area contributed by atoms with Crippen LogP contribution in [0.2, 0.25) is 0 Å². The number of hydrogen-bond acceptors (Lipinski definition) is 7. The van der Waals surface area contributed by atoms with Crippen LogP contribution >= 0.6 is 0 Å². The topological polar surface area (TPSA) is 173 Å². The van der Waals surface area contributed by atoms with E-state index in [2.05, 4.69) is 0 Å². The fourth-order valence-corrected chi connectivity index (χ4v) is 0.630. The smallest absolute Gasteiger partial charge is 0.303 e. The lowest BCUT2D eigenvalue weighted by Gasteiger charge is -2.16. The first kappa shape index (κ1) is 18.8. The van der Waals surface area contributed by atoms with Crippen molar-refractivity contribution in [3.63, 3.8) is 0 Å². The zero-order valence-corrected chi connectivity index (χ0v) is 9.34. The molecule has 6 N–H and O–H groups in total. The number of carboxylic acid groups (broad SMARTS) is 2. The highest BCUT2D eigenvalue weighted by molar-refractivity contribution is 5.75. The molecule has 0 spiro atoms. The van der Waals surface area contributed by atoms with E-state index in [1.807, 2.05) is 0 Å². The summed E-state index contributed by atoms with van der Waals surface area (Å²) in [6, 6.07) is 0. The van der Waals surface area contributed by atoms with E-state index >= 15 is 0 Å². The summed E-state index contributed by atoms with van der Waals surface area (Å²) in [6.45, 7) is -0.688. The maximum absolute atomic E-state index is 9.76. The van der Waals surface area contributed by atoms with Crippen molar-refractivity contribution in [3.8, 4) is 0 Å². The van der Waals surface area contributed by atoms with Gasteiger partial charge >= 0.3 is 11.9 Å². The molecule has 0 amide bonds. The average molecular weight is 268 g/mol. The van der Waals surface area contributed by atoms with Crippen LogP contribution in [0, 0.1) is 0 Å². The van der Waals surface area contributed by atoms with Crippen LogP contribution in [-0.2, 0) is 14.4 Å². The standard InChI is InChI=1S/C5H10O5.C4H6O4/c6-1-3(8)5(10)4(9)2-7;5-3(6)1-2-4(7)8/h1,3-5,7-10H,2H2;1-2H2,(H,5,6)(H,7,8)/t3-,4-,5+;/m1./s1. The first-order chi connectivity index (χ1) is 8.26. The third-order valence-electron chi connectivity index (χ3n) is 1.62. The van der Waals surface area contributed by atoms with Gasteiger partial charge in [0.2, 0.25) is 0 Å². The van der Waals surface area contributed by atoms with Gasteiger partial charge in [-0.3, -0.25) is 9.59 Å². The van der Waals surface area contributed by atoms with Crippen molar-refractivity contribution in [2.75, 3.05) is 6.61 Å². The fourth-order valence-electron chi connectivity index (χ4n) is 0.630. The number of carbonyl (C=O) groups is 3. The normalized spacial score (nSPS) is 14.7. The van der Waals surface area contributed by atoms with Gasteiger partial charge in [-0.25, -0.2) is 0 Å². The maximum atomic E-state index is 9.76. The van der Waals surface area contributed by atoms with Gasteiger partial charge in [-0.15, -0.1) is 0 Å². The molecule has 3 atom stereocenters. The highest BCUT2D eigenvalue weighted by Gasteiger charge is 2.22. The Kier molecular flexibility index (Phi) is 11.1. The van der Waals surface area contributed by atoms with E-state index in [0.717, 1.165) is 0 Å². The van der Waals surface area contributed by atoms with E-state index < -0.39 is 36.9 Å². The Morgan fingerprint density at radius 1 is 1.00 bits per heavy atom. The second kappa shape index (κ2) is 10.6. The average Bonchev–Trinajstić information content (AvgIpc) is 2.34. The van der Waals surface area contributed by atoms with Gasteiger partial charge in [0.15, 0.2) is 6.29 Å². The molecule has 9 heteroatoms. The zero-order chi connectivity index (χ0) is 14.7. The van der Waals surface area contributed by atoms with Gasteiger partial charge in [0.05, 0.1) is 19.4 Å². The van der Waals surface area contributed by atoms with Gasteiger partial charge in [0.1, 0.15) is 18.3 Å². The molecule has 0 bridgehead atoms. The minimum absolute atomic E-state index is 0.0869. The van der Waals surface area contributed by atoms with E-state index in [4.69, 9.17) is 30.6 Å². The third-order valence-corrected chi connectivity index (χ3v) is 1.62. The van der Waals surface area contributed by atoms with Crippen molar-refractivity contribution in [2.24, 2.45) is 0 Å². The maximum Gasteiger partial charge on any atom is 0.303 e. The summed E-state index contributed by atoms with van der Waals surface area (Å²) in [7, 11) is 0. The molecule has 0 aromatic rings. The number of aliphatic hydroxyl groups is 4. The molecule has 0 aliphatic carbocycles. The quantitative estimate of drug-likeness (QED) is 0.266. The summed E-state index contributed by atoms with van der Waals surface area (Å²) in [5.74, 6) is -2.15. The summed E-state index contributed by atoms with van der Waals surface area (Å²) < 4.78 is 0. The van der Waals surface area contributed by atoms with Gasteiger partial charge in [0, 0.05) is 0 Å². The summed E-state index contributed by atoms with van der Waals surface area (Å²) in [5, 5.41) is 49.9. The molecular formula is C9H16O9. The lowest BCUT2D eigenvalue weighted by Crippen LogP contribution is -2.40. The Labute approximate surface area is 102 Å². The van der Waals surface area contributed by atoms with E-state index in [0.29, 0.717) is 0 Å². The SMILES string of the molecule is O=C(O)CCC(=O)O.O=C[C@@H](O)[C@H](O)[C@H](O)CO. The van der Waals surface area contributed by atoms with Gasteiger partial charge < -0.3 is 35.4 Å². The monoisotopic (exact) mass is 268 g/mol. The fraction of sp³-hybridized carbons (Fsp3) is 0.667. The summed E-state index contributed by atoms with van der Waals surface area (Å²) in [6.07, 6.45) is -5.22. The van der Waals surface area contributed by atoms with Crippen molar-refractivity contribution in [3.05, 3.63) is 0 Å². The Bertz CT molecular complexity index is 251. The Morgan fingerprint density at radius 2 is 1.39 bits per heavy atom. The van der Waals surface area contributed by atoms with Crippen molar-refractivity contribution < 1.29 is 45.0 Å². The molecule has 0 aromatic carbocycles. The number of aliphatic carboxylic acids is 2. The molecule has 0 unspecified atom stereocenters. The summed E-state index contributed by atoms with van der Waals surface area (Å²) in [4.78, 5) is 29.0. The van der Waals surface area contributed by atoms with Gasteiger partial charge in [-0.1, -0.05) is 0 Å². The van der Waals surface area contributed by atoms with E-state index in [1.165, 1.54) is 0 Å². The number of rotatable bonds is 7. The van der Waals surface area contributed by atoms with E-state index in [-0.39, 0.29) is 19.1 Å². The summed E-state index contributed by atoms with van der Waals surface area (Å²) in [5.41, 5.74) is 0. The van der Waals surface area contributed by atoms with Crippen molar-refractivity contribution >= 4 is 18.2 Å². The molecule has 106 valence electrons. The molecule has 18 heavy (non-hydrogen) atoms. The number of aliphatic hydroxyl groups excluding tert-OH is 4. The van der Waals surface area contributed by atoms with Crippen molar-refractivity contribution in [2.45, 2.75) is 31.2 Å². The molecule has 0 aromatic heterocycles. The van der Waals surface area contributed by atoms with Crippen LogP contribution in [0.3, 0.4) is 0 Å². The van der Waals surface area contributed by atoms with Crippen LogP contribution in [0.15, 0.2) is 0 Å². The molecule has 0 saturated carbocycles. The van der Waals surface area contributed by atoms with E-state index in [1.54, 1.807) is 0 Å². The lowest BCUT2D eigenvalue weighted by molar-refractivity contribution is -0.143. The van der Waals surface area contributed by atoms with Crippen molar-refractivity contribution in [1.82, 2.24) is 0 Å². The molecule has 0 rings (SSSR count). The van der Waals surface area contributed by atoms with Crippen LogP contribution < -0.4 is 0 Å². The van der Waals surface area contributed by atoms with Gasteiger partial charge in [-0.2, -0.15) is 0 Å². The molecular weight excluding hydrogens is 252 g/mol. The first-order valence-electron chi connectivity index (χ1n) is 4.80. The minimum Gasteiger partial charge on any atom is -0.481 e. The van der Waals surface area contributed by atoms with E-state index in [9.17, 15) is 14.4 Å². The number of hydrogen-bond donors (Lipinski definition) is 6. The van der Waals surface area contributed by atoms with Gasteiger partial charge in [-0.05, 0) is 0 Å². The Hall–Kier alpha value is -1.55. The highest BCUT2D eigenvalue weighted by Crippen LogP contribution is 1.96. The largest absolute Gasteiger partial charge is 0.481 e. The van der Waals surface area contributed by atoms with Crippen LogP contribution in [0.4, 0.5) is 0 Å². The van der Waals surface area contributed by atoms with Crippen LogP contribution in [0.5, 0.6) is 0 Å². The molecule has 0 aliphatic heterocycles. The summed E-state index contributed by atoms with van der Waals surface area (Å²) >= 11 is 0. The molecule has 0 aliphatic rings. The molecule has 0 radical (unpaired) electrons. The molecule has 0 fully saturated rings. The molecule has 0 saturated heterocycles. The van der Waals surface area contributed by atoms with Crippen LogP contribution in [0.25, 0.3) is 0 Å². The Morgan fingerprint density at radius 3 is 1.61 bits per heavy atom. The highest BCUT2D eigenvalue weighted by atomic mass is 16.4. The van der Waals surface area contributed by atoms with Crippen LogP contribution in [-0.4, -0.2) is 73.8 Å². The number of carbonyl (C=O) groups excluding carboxylic acids is 1. The number of carboxylic acids is 2. The first-order valence-corrected chi connectivity index (χ1v) is 4.80. The minimum atomic E-state index is -1.64. The predicted octanol–water partition coefficient (Wildman–Crippen LogP) is -2.80. The van der Waals surface area contributed by atoms with Crippen LogP contribution in [0.1, 0.15) is 12.8 Å². The van der Waals surface area contributed by atoms with Gasteiger partial charge in [0.25, 0.3) is 0 Å². The molecule has 0 heterocycles. The van der Waals surface area contributed by atoms with Crippen molar-refractivity contribution in [1.29, 1.82) is 0 Å². The Balaban J connectivity index is 0. The molecule has 9 nitrogen and oxygen atoms in total.